The molecule has 6 N–H and O–H groups in total. The molecule has 0 aliphatic heterocycles. The minimum Gasteiger partial charge on any atom is -0.352 e. The molecule has 1 aromatic carbocycles. The Balaban J connectivity index is 0.00000576. The average molecular weight is 389 g/mol. The Hall–Kier alpha value is -1.44. The van der Waals surface area contributed by atoms with Gasteiger partial charge in [-0.3, -0.25) is 4.79 Å². The number of halogens is 1. The van der Waals surface area contributed by atoms with E-state index in [-0.39, 0.29) is 24.4 Å². The van der Waals surface area contributed by atoms with E-state index in [1.54, 1.807) is 11.8 Å². The Morgan fingerprint density at radius 2 is 1.72 bits per heavy atom. The first-order chi connectivity index (χ1) is 11.3. The van der Waals surface area contributed by atoms with Crippen LogP contribution in [0.4, 0.5) is 4.79 Å². The van der Waals surface area contributed by atoms with E-state index in [1.807, 2.05) is 18.4 Å². The van der Waals surface area contributed by atoms with Gasteiger partial charge in [0.1, 0.15) is 6.04 Å². The number of urea groups is 1. The molecule has 0 saturated heterocycles. The summed E-state index contributed by atoms with van der Waals surface area (Å²) in [6, 6.07) is 6.44. The van der Waals surface area contributed by atoms with Crippen molar-refractivity contribution in [3.05, 3.63) is 35.4 Å². The van der Waals surface area contributed by atoms with Gasteiger partial charge < -0.3 is 22.1 Å². The number of carbonyl (C=O) groups excluding carboxylic acids is 2. The lowest BCUT2D eigenvalue weighted by Crippen LogP contribution is -2.49. The molecular formula is C17H29ClN4O2S. The summed E-state index contributed by atoms with van der Waals surface area (Å²) in [5.41, 5.74) is 13.5. The lowest BCUT2D eigenvalue weighted by molar-refractivity contribution is -0.123. The zero-order valence-corrected chi connectivity index (χ0v) is 16.6. The van der Waals surface area contributed by atoms with Crippen LogP contribution in [-0.4, -0.2) is 36.5 Å². The van der Waals surface area contributed by atoms with Crippen molar-refractivity contribution in [1.29, 1.82) is 0 Å². The quantitative estimate of drug-likeness (QED) is 0.519. The van der Waals surface area contributed by atoms with Crippen LogP contribution in [-0.2, 0) is 4.79 Å². The van der Waals surface area contributed by atoms with E-state index >= 15 is 0 Å². The van der Waals surface area contributed by atoms with Gasteiger partial charge in [-0.2, -0.15) is 11.8 Å². The highest BCUT2D eigenvalue weighted by atomic mass is 35.5. The Morgan fingerprint density at radius 1 is 1.16 bits per heavy atom. The smallest absolute Gasteiger partial charge is 0.312 e. The second-order valence-corrected chi connectivity index (χ2v) is 7.00. The van der Waals surface area contributed by atoms with Gasteiger partial charge in [-0.25, -0.2) is 4.79 Å². The van der Waals surface area contributed by atoms with Crippen molar-refractivity contribution in [2.75, 3.05) is 18.6 Å². The number of primary amides is 1. The maximum atomic E-state index is 12.2. The number of rotatable bonds is 9. The molecule has 0 aliphatic carbocycles. The minimum absolute atomic E-state index is 0. The third-order valence-corrected chi connectivity index (χ3v) is 4.42. The van der Waals surface area contributed by atoms with Gasteiger partial charge >= 0.3 is 6.03 Å². The standard InChI is InChI=1S/C17H28N4O2S.ClH/c1-11(2)12-4-6-13(7-5-12)14(18)10-20-16(22)15(8-9-24-3)21-17(19)23;/h4-7,11,14-15H,8-10,18H2,1-3H3,(H,20,22)(H3,19,21,23);1H. The summed E-state index contributed by atoms with van der Waals surface area (Å²) < 4.78 is 0. The fraction of sp³-hybridized carbons (Fsp3) is 0.529. The highest BCUT2D eigenvalue weighted by Crippen LogP contribution is 2.17. The first-order valence-electron chi connectivity index (χ1n) is 8.03. The van der Waals surface area contributed by atoms with Crippen molar-refractivity contribution in [2.24, 2.45) is 11.5 Å². The van der Waals surface area contributed by atoms with Crippen molar-refractivity contribution >= 4 is 36.1 Å². The number of nitrogens with two attached hydrogens (primary N) is 2. The van der Waals surface area contributed by atoms with E-state index in [0.717, 1.165) is 11.3 Å². The van der Waals surface area contributed by atoms with Crippen LogP contribution < -0.4 is 22.1 Å². The molecule has 0 aliphatic rings. The van der Waals surface area contributed by atoms with Gasteiger partial charge in [0.05, 0.1) is 0 Å². The molecule has 0 bridgehead atoms. The van der Waals surface area contributed by atoms with Gasteiger partial charge in [-0.1, -0.05) is 38.1 Å². The predicted molar refractivity (Wildman–Crippen MR) is 107 cm³/mol. The van der Waals surface area contributed by atoms with Crippen LogP contribution in [0, 0.1) is 0 Å². The zero-order valence-electron chi connectivity index (χ0n) is 15.0. The Kier molecular flexibility index (Phi) is 11.3. The fourth-order valence-electron chi connectivity index (χ4n) is 2.26. The van der Waals surface area contributed by atoms with Crippen molar-refractivity contribution in [1.82, 2.24) is 10.6 Å². The first-order valence-corrected chi connectivity index (χ1v) is 9.42. The van der Waals surface area contributed by atoms with E-state index in [1.165, 1.54) is 5.56 Å². The number of benzene rings is 1. The third-order valence-electron chi connectivity index (χ3n) is 3.77. The number of hydrogen-bond acceptors (Lipinski definition) is 4. The molecule has 142 valence electrons. The second kappa shape index (κ2) is 12.0. The molecule has 1 aromatic rings. The zero-order chi connectivity index (χ0) is 18.1. The fourth-order valence-corrected chi connectivity index (χ4v) is 2.73. The number of amides is 3. The summed E-state index contributed by atoms with van der Waals surface area (Å²) in [7, 11) is 0. The van der Waals surface area contributed by atoms with Crippen LogP contribution >= 0.6 is 24.2 Å². The highest BCUT2D eigenvalue weighted by Gasteiger charge is 2.20. The van der Waals surface area contributed by atoms with Crippen LogP contribution in [0.15, 0.2) is 24.3 Å². The van der Waals surface area contributed by atoms with Crippen LogP contribution in [0.5, 0.6) is 0 Å². The molecule has 6 nitrogen and oxygen atoms in total. The number of thioether (sulfide) groups is 1. The largest absolute Gasteiger partial charge is 0.352 e. The van der Waals surface area contributed by atoms with Crippen LogP contribution in [0.1, 0.15) is 43.4 Å². The summed E-state index contributed by atoms with van der Waals surface area (Å²) >= 11 is 1.60. The monoisotopic (exact) mass is 388 g/mol. The molecule has 0 aromatic heterocycles. The predicted octanol–water partition coefficient (Wildman–Crippen LogP) is 2.14. The van der Waals surface area contributed by atoms with Gasteiger partial charge in [0, 0.05) is 12.6 Å². The van der Waals surface area contributed by atoms with E-state index in [4.69, 9.17) is 11.5 Å². The molecule has 0 spiro atoms. The van der Waals surface area contributed by atoms with Gasteiger partial charge in [0.2, 0.25) is 5.91 Å². The lowest BCUT2D eigenvalue weighted by Gasteiger charge is -2.19. The summed E-state index contributed by atoms with van der Waals surface area (Å²) in [5, 5.41) is 5.26. The Bertz CT molecular complexity index is 540. The summed E-state index contributed by atoms with van der Waals surface area (Å²) in [5.74, 6) is 0.949. The maximum Gasteiger partial charge on any atom is 0.312 e. The van der Waals surface area contributed by atoms with Crippen LogP contribution in [0.25, 0.3) is 0 Å². The average Bonchev–Trinajstić information content (AvgIpc) is 2.55. The van der Waals surface area contributed by atoms with Crippen LogP contribution in [0.2, 0.25) is 0 Å². The van der Waals surface area contributed by atoms with E-state index in [0.29, 0.717) is 18.9 Å². The van der Waals surface area contributed by atoms with E-state index < -0.39 is 12.1 Å². The molecule has 3 amide bonds. The molecule has 0 heterocycles. The molecule has 0 saturated carbocycles. The molecule has 25 heavy (non-hydrogen) atoms. The summed E-state index contributed by atoms with van der Waals surface area (Å²) in [6.45, 7) is 4.57. The minimum atomic E-state index is -0.704. The van der Waals surface area contributed by atoms with Gasteiger partial charge in [0.15, 0.2) is 0 Å². The SMILES string of the molecule is CSCCC(NC(N)=O)C(=O)NCC(N)c1ccc(C(C)C)cc1.Cl. The Labute approximate surface area is 160 Å². The van der Waals surface area contributed by atoms with E-state index in [2.05, 4.69) is 36.6 Å². The van der Waals surface area contributed by atoms with Crippen molar-refractivity contribution in [2.45, 2.75) is 38.3 Å². The summed E-state index contributed by atoms with van der Waals surface area (Å²) in [6.07, 6.45) is 2.46. The number of nitrogens with one attached hydrogen (secondary N) is 2. The highest BCUT2D eigenvalue weighted by molar-refractivity contribution is 7.98. The van der Waals surface area contributed by atoms with Gasteiger partial charge in [0.25, 0.3) is 0 Å². The molecule has 2 atom stereocenters. The van der Waals surface area contributed by atoms with Crippen molar-refractivity contribution in [3.63, 3.8) is 0 Å². The molecule has 0 radical (unpaired) electrons. The van der Waals surface area contributed by atoms with E-state index in [9.17, 15) is 9.59 Å². The number of hydrogen-bond donors (Lipinski definition) is 4. The van der Waals surface area contributed by atoms with Crippen LogP contribution in [0.3, 0.4) is 0 Å². The second-order valence-electron chi connectivity index (χ2n) is 6.02. The van der Waals surface area contributed by atoms with Crippen molar-refractivity contribution < 1.29 is 9.59 Å². The van der Waals surface area contributed by atoms with Gasteiger partial charge in [-0.05, 0) is 35.5 Å². The molecule has 8 heteroatoms. The summed E-state index contributed by atoms with van der Waals surface area (Å²) in [4.78, 5) is 23.2. The molecule has 2 unspecified atom stereocenters. The third kappa shape index (κ3) is 8.47. The number of carbonyl (C=O) groups is 2. The molecule has 1 rings (SSSR count). The molecular weight excluding hydrogens is 360 g/mol. The van der Waals surface area contributed by atoms with Gasteiger partial charge in [-0.15, -0.1) is 12.4 Å². The van der Waals surface area contributed by atoms with Crippen molar-refractivity contribution in [3.8, 4) is 0 Å². The lowest BCUT2D eigenvalue weighted by atomic mass is 9.99. The Morgan fingerprint density at radius 3 is 2.20 bits per heavy atom. The maximum absolute atomic E-state index is 12.2. The molecule has 0 fully saturated rings. The first kappa shape index (κ1) is 23.6. The topological polar surface area (TPSA) is 110 Å². The normalized spacial score (nSPS) is 12.8.